The molecule has 13 heteroatoms. The second-order valence-corrected chi connectivity index (χ2v) is 15.1. The van der Waals surface area contributed by atoms with E-state index in [1.54, 1.807) is 16.4 Å². The number of methoxy groups -OCH3 is 1. The van der Waals surface area contributed by atoms with Gasteiger partial charge in [0.1, 0.15) is 17.7 Å². The number of piperazine rings is 1. The van der Waals surface area contributed by atoms with Crippen LogP contribution < -0.4 is 16.0 Å². The van der Waals surface area contributed by atoms with Gasteiger partial charge in [-0.05, 0) is 101 Å². The first-order valence-electron chi connectivity index (χ1n) is 16.3. The molecule has 2 bridgehead atoms. The summed E-state index contributed by atoms with van der Waals surface area (Å²) >= 11 is 0. The standard InChI is InChI=1S/C33H46F2N4O6S/c1-20-16-23(17-21(2)45-20)30(22-9-11-24(34)12-10-22)31(38-33(41)44-3)32(40)37-29-8-4-7-28(35)27(29)14-13-26-18-36-25-6-5-15-46(42,43)39(26)19-25/h4,7-9,11-12,20-23,25-26,30-31,36H,5-6,10,13-19H2,1-3H3,(H,37,40)(H,38,41). The van der Waals surface area contributed by atoms with E-state index in [4.69, 9.17) is 9.47 Å². The minimum Gasteiger partial charge on any atom is -0.453 e. The minimum absolute atomic E-state index is 0.0546. The summed E-state index contributed by atoms with van der Waals surface area (Å²) in [5.41, 5.74) is 0.508. The molecule has 0 aromatic heterocycles. The van der Waals surface area contributed by atoms with Crippen LogP contribution in [0, 0.1) is 23.6 Å². The number of sulfonamides is 1. The molecule has 3 heterocycles. The predicted octanol–water partition coefficient (Wildman–Crippen LogP) is 4.44. The Hall–Kier alpha value is -2.87. The third kappa shape index (κ3) is 8.15. The summed E-state index contributed by atoms with van der Waals surface area (Å²) < 4.78 is 67.8. The first kappa shape index (κ1) is 34.5. The third-order valence-corrected chi connectivity index (χ3v) is 11.8. The van der Waals surface area contributed by atoms with Crippen LogP contribution >= 0.6 is 0 Å². The number of alkyl carbamates (subject to hydrolysis) is 1. The van der Waals surface area contributed by atoms with Gasteiger partial charge in [0.15, 0.2) is 0 Å². The number of nitrogens with one attached hydrogen (secondary N) is 3. The topological polar surface area (TPSA) is 126 Å². The van der Waals surface area contributed by atoms with Crippen LogP contribution in [-0.4, -0.2) is 81.0 Å². The van der Waals surface area contributed by atoms with Crippen molar-refractivity contribution in [3.05, 3.63) is 53.6 Å². The van der Waals surface area contributed by atoms with E-state index in [2.05, 4.69) is 16.0 Å². The molecule has 3 N–H and O–H groups in total. The van der Waals surface area contributed by atoms with Crippen LogP contribution in [0.4, 0.5) is 19.3 Å². The molecule has 3 fully saturated rings. The molecule has 1 aromatic carbocycles. The van der Waals surface area contributed by atoms with E-state index in [0.29, 0.717) is 45.2 Å². The fourth-order valence-corrected chi connectivity index (χ4v) is 9.56. The maximum absolute atomic E-state index is 15.4. The van der Waals surface area contributed by atoms with E-state index >= 15 is 4.39 Å². The zero-order valence-electron chi connectivity index (χ0n) is 26.7. The molecule has 8 unspecified atom stereocenters. The van der Waals surface area contributed by atoms with Gasteiger partial charge in [0.25, 0.3) is 0 Å². The molecule has 8 atom stereocenters. The molecule has 1 aliphatic carbocycles. The minimum atomic E-state index is -3.42. The summed E-state index contributed by atoms with van der Waals surface area (Å²) in [4.78, 5) is 26.9. The molecule has 254 valence electrons. The lowest BCUT2D eigenvalue weighted by Gasteiger charge is -2.42. The third-order valence-electron chi connectivity index (χ3n) is 9.85. The van der Waals surface area contributed by atoms with Crippen molar-refractivity contribution in [1.82, 2.24) is 14.9 Å². The zero-order valence-corrected chi connectivity index (χ0v) is 27.5. The molecule has 0 saturated carbocycles. The van der Waals surface area contributed by atoms with Gasteiger partial charge >= 0.3 is 6.09 Å². The number of carbonyl (C=O) groups is 2. The molecule has 0 radical (unpaired) electrons. The van der Waals surface area contributed by atoms with Gasteiger partial charge < -0.3 is 25.4 Å². The summed E-state index contributed by atoms with van der Waals surface area (Å²) in [5.74, 6) is -2.08. The highest BCUT2D eigenvalue weighted by molar-refractivity contribution is 7.89. The lowest BCUT2D eigenvalue weighted by Crippen LogP contribution is -2.57. The number of amides is 2. The lowest BCUT2D eigenvalue weighted by molar-refractivity contribution is -0.122. The Morgan fingerprint density at radius 3 is 2.65 bits per heavy atom. The number of hydrogen-bond donors (Lipinski definition) is 3. The van der Waals surface area contributed by atoms with Crippen LogP contribution in [0.2, 0.25) is 0 Å². The molecule has 0 spiro atoms. The number of allylic oxidation sites excluding steroid dienone is 4. The highest BCUT2D eigenvalue weighted by Gasteiger charge is 2.43. The van der Waals surface area contributed by atoms with Crippen molar-refractivity contribution in [2.75, 3.05) is 31.3 Å². The normalized spacial score (nSPS) is 31.9. The van der Waals surface area contributed by atoms with Crippen LogP contribution in [0.1, 0.15) is 57.9 Å². The summed E-state index contributed by atoms with van der Waals surface area (Å²) in [5, 5.41) is 9.06. The average molecular weight is 665 g/mol. The Labute approximate surface area is 270 Å². The fourth-order valence-electron chi connectivity index (χ4n) is 7.75. The van der Waals surface area contributed by atoms with Crippen molar-refractivity contribution in [3.63, 3.8) is 0 Å². The Morgan fingerprint density at radius 1 is 1.20 bits per heavy atom. The number of hydrogen-bond acceptors (Lipinski definition) is 7. The van der Waals surface area contributed by atoms with E-state index in [-0.39, 0.29) is 65.4 Å². The Kier molecular flexibility index (Phi) is 11.2. The highest BCUT2D eigenvalue weighted by atomic mass is 32.2. The molecule has 46 heavy (non-hydrogen) atoms. The van der Waals surface area contributed by atoms with Crippen LogP contribution in [0.3, 0.4) is 0 Å². The predicted molar refractivity (Wildman–Crippen MR) is 171 cm³/mol. The number of fused-ring (bicyclic) bond motifs is 2. The average Bonchev–Trinajstić information content (AvgIpc) is 3.12. The maximum Gasteiger partial charge on any atom is 0.407 e. The maximum atomic E-state index is 15.4. The van der Waals surface area contributed by atoms with Crippen LogP contribution in [0.25, 0.3) is 0 Å². The highest BCUT2D eigenvalue weighted by Crippen LogP contribution is 2.40. The number of anilines is 1. The molecular weight excluding hydrogens is 618 g/mol. The van der Waals surface area contributed by atoms with Crippen molar-refractivity contribution in [2.24, 2.45) is 17.8 Å². The molecule has 1 aromatic rings. The molecule has 10 nitrogen and oxygen atoms in total. The van der Waals surface area contributed by atoms with Gasteiger partial charge in [-0.3, -0.25) is 4.79 Å². The first-order valence-corrected chi connectivity index (χ1v) is 17.9. The first-order chi connectivity index (χ1) is 21.9. The molecule has 3 aliphatic heterocycles. The molecular formula is C33H46F2N4O6S. The van der Waals surface area contributed by atoms with Gasteiger partial charge in [0, 0.05) is 36.4 Å². The van der Waals surface area contributed by atoms with Crippen molar-refractivity contribution in [1.29, 1.82) is 0 Å². The largest absolute Gasteiger partial charge is 0.453 e. The molecule has 2 amide bonds. The summed E-state index contributed by atoms with van der Waals surface area (Å²) in [6, 6.07) is 3.10. The van der Waals surface area contributed by atoms with Gasteiger partial charge in [0.2, 0.25) is 15.9 Å². The van der Waals surface area contributed by atoms with Gasteiger partial charge in [-0.15, -0.1) is 0 Å². The number of halogens is 2. The van der Waals surface area contributed by atoms with Crippen molar-refractivity contribution in [2.45, 2.75) is 89.1 Å². The smallest absolute Gasteiger partial charge is 0.407 e. The van der Waals surface area contributed by atoms with Gasteiger partial charge in [-0.1, -0.05) is 12.1 Å². The number of benzene rings is 1. The van der Waals surface area contributed by atoms with Crippen molar-refractivity contribution < 1.29 is 36.3 Å². The van der Waals surface area contributed by atoms with Crippen LogP contribution in [-0.2, 0) is 30.7 Å². The van der Waals surface area contributed by atoms with E-state index in [0.717, 1.165) is 6.42 Å². The summed E-state index contributed by atoms with van der Waals surface area (Å²) in [6.07, 6.45) is 7.23. The summed E-state index contributed by atoms with van der Waals surface area (Å²) in [7, 11) is -2.20. The van der Waals surface area contributed by atoms with Crippen LogP contribution in [0.15, 0.2) is 42.3 Å². The Morgan fingerprint density at radius 2 is 1.96 bits per heavy atom. The molecule has 5 rings (SSSR count). The Bertz CT molecular complexity index is 1430. The number of nitrogens with zero attached hydrogens (tertiary/aromatic N) is 1. The second kappa shape index (κ2) is 14.9. The van der Waals surface area contributed by atoms with Crippen molar-refractivity contribution >= 4 is 27.7 Å². The van der Waals surface area contributed by atoms with E-state index < -0.39 is 39.8 Å². The second-order valence-electron chi connectivity index (χ2n) is 13.1. The molecule has 3 saturated heterocycles. The quantitative estimate of drug-likeness (QED) is 0.357. The fraction of sp³-hybridized carbons (Fsp3) is 0.636. The zero-order chi connectivity index (χ0) is 33.0. The lowest BCUT2D eigenvalue weighted by atomic mass is 9.69. The Balaban J connectivity index is 1.40. The number of carbonyl (C=O) groups excluding carboxylic acids is 2. The van der Waals surface area contributed by atoms with Crippen molar-refractivity contribution in [3.8, 4) is 0 Å². The van der Waals surface area contributed by atoms with Gasteiger partial charge in [0.05, 0.1) is 25.1 Å². The van der Waals surface area contributed by atoms with Gasteiger partial charge in [-0.2, -0.15) is 4.31 Å². The number of rotatable bonds is 9. The monoisotopic (exact) mass is 664 g/mol. The van der Waals surface area contributed by atoms with E-state index in [1.165, 1.54) is 31.4 Å². The van der Waals surface area contributed by atoms with E-state index in [1.807, 2.05) is 13.8 Å². The van der Waals surface area contributed by atoms with E-state index in [9.17, 15) is 22.4 Å². The molecule has 4 aliphatic rings. The van der Waals surface area contributed by atoms with Gasteiger partial charge in [-0.25, -0.2) is 22.0 Å². The summed E-state index contributed by atoms with van der Waals surface area (Å²) in [6.45, 7) is 4.81. The number of ether oxygens (including phenoxy) is 2. The SMILES string of the molecule is COC(=O)NC(C(=O)Nc1cccc(F)c1CCC1CNC2CCCS(=O)(=O)N1C2)C(C1C=CC(F)=CC1)C1CC(C)OC(C)C1. The van der Waals surface area contributed by atoms with Crippen LogP contribution in [0.5, 0.6) is 0 Å².